The Labute approximate surface area is 367 Å². The monoisotopic (exact) mass is 803 g/mol. The molecule has 2 nitrogen and oxygen atoms in total. The maximum Gasteiger partial charge on any atom is 0.143 e. The van der Waals surface area contributed by atoms with Crippen molar-refractivity contribution < 1.29 is 4.42 Å². The standard InChI is InChI=1S/C61H41NO/c1-5-17-42(18-6-1)43-31-35-48(36-32-43)62(49-37-33-45(34-38-49)52-27-15-28-54-53-25-13-14-30-58(53)63-60(52)54)50-39-40-55-57(41-50)61(46-21-9-3-10-22-46,47-23-11-4-12-24-47)56-29-16-26-51(59(55)56)44-19-7-2-8-20-44/h1-41H. The summed E-state index contributed by atoms with van der Waals surface area (Å²) in [5.41, 5.74) is 19.0. The van der Waals surface area contributed by atoms with Gasteiger partial charge in [0.1, 0.15) is 11.2 Å². The van der Waals surface area contributed by atoms with E-state index in [0.717, 1.165) is 50.1 Å². The van der Waals surface area contributed by atoms with Crippen LogP contribution in [0.3, 0.4) is 0 Å². The van der Waals surface area contributed by atoms with Crippen LogP contribution in [0.1, 0.15) is 22.3 Å². The second-order valence-electron chi connectivity index (χ2n) is 16.4. The molecule has 11 aromatic rings. The quantitative estimate of drug-likeness (QED) is 0.152. The Morgan fingerprint density at radius 1 is 0.317 bits per heavy atom. The van der Waals surface area contributed by atoms with Crippen LogP contribution >= 0.6 is 0 Å². The van der Waals surface area contributed by atoms with Crippen LogP contribution in [0.5, 0.6) is 0 Å². The minimum absolute atomic E-state index is 0.577. The smallest absolute Gasteiger partial charge is 0.143 e. The van der Waals surface area contributed by atoms with Crippen molar-refractivity contribution in [2.24, 2.45) is 0 Å². The van der Waals surface area contributed by atoms with Crippen LogP contribution in [0.4, 0.5) is 17.1 Å². The van der Waals surface area contributed by atoms with Gasteiger partial charge >= 0.3 is 0 Å². The highest BCUT2D eigenvalue weighted by Crippen LogP contribution is 2.59. The van der Waals surface area contributed by atoms with Crippen LogP contribution in [0, 0.1) is 0 Å². The third-order valence-corrected chi connectivity index (χ3v) is 13.0. The van der Waals surface area contributed by atoms with E-state index in [2.05, 4.69) is 241 Å². The van der Waals surface area contributed by atoms with Crippen molar-refractivity contribution in [3.05, 3.63) is 271 Å². The first kappa shape index (κ1) is 36.6. The molecule has 1 aromatic heterocycles. The van der Waals surface area contributed by atoms with Crippen molar-refractivity contribution in [2.45, 2.75) is 5.41 Å². The summed E-state index contributed by atoms with van der Waals surface area (Å²) in [5.74, 6) is 0. The number of rotatable bonds is 8. The van der Waals surface area contributed by atoms with Crippen LogP contribution in [0.2, 0.25) is 0 Å². The molecule has 0 fully saturated rings. The van der Waals surface area contributed by atoms with Gasteiger partial charge in [-0.3, -0.25) is 0 Å². The van der Waals surface area contributed by atoms with Crippen molar-refractivity contribution in [2.75, 3.05) is 4.90 Å². The minimum Gasteiger partial charge on any atom is -0.455 e. The van der Waals surface area contributed by atoms with E-state index >= 15 is 0 Å². The number of nitrogens with zero attached hydrogens (tertiary/aromatic N) is 1. The van der Waals surface area contributed by atoms with Crippen molar-refractivity contribution in [3.63, 3.8) is 0 Å². The Kier molecular flexibility index (Phi) is 8.76. The Hall–Kier alpha value is -8.20. The molecule has 0 saturated heterocycles. The lowest BCUT2D eigenvalue weighted by atomic mass is 9.67. The average molecular weight is 804 g/mol. The number of hydrogen-bond acceptors (Lipinski definition) is 2. The number of anilines is 3. The zero-order chi connectivity index (χ0) is 41.7. The van der Waals surface area contributed by atoms with E-state index in [9.17, 15) is 0 Å². The van der Waals surface area contributed by atoms with Crippen LogP contribution in [0.15, 0.2) is 253 Å². The minimum atomic E-state index is -0.577. The highest BCUT2D eigenvalue weighted by Gasteiger charge is 2.47. The molecule has 0 N–H and O–H groups in total. The Morgan fingerprint density at radius 3 is 1.48 bits per heavy atom. The van der Waals surface area contributed by atoms with Crippen LogP contribution in [-0.4, -0.2) is 0 Å². The summed E-state index contributed by atoms with van der Waals surface area (Å²) < 4.78 is 6.49. The van der Waals surface area contributed by atoms with Crippen LogP contribution in [-0.2, 0) is 5.41 Å². The van der Waals surface area contributed by atoms with E-state index in [1.165, 1.54) is 55.6 Å². The van der Waals surface area contributed by atoms with Gasteiger partial charge in [-0.15, -0.1) is 0 Å². The van der Waals surface area contributed by atoms with E-state index in [-0.39, 0.29) is 0 Å². The molecule has 2 heteroatoms. The lowest BCUT2D eigenvalue weighted by Crippen LogP contribution is -2.28. The van der Waals surface area contributed by atoms with Crippen LogP contribution in [0.25, 0.3) is 66.4 Å². The Bertz CT molecular complexity index is 3370. The lowest BCUT2D eigenvalue weighted by Gasteiger charge is -2.35. The Balaban J connectivity index is 1.08. The number of hydrogen-bond donors (Lipinski definition) is 0. The molecular weight excluding hydrogens is 763 g/mol. The van der Waals surface area contributed by atoms with Gasteiger partial charge < -0.3 is 9.32 Å². The first-order valence-electron chi connectivity index (χ1n) is 21.7. The average Bonchev–Trinajstić information content (AvgIpc) is 3.90. The van der Waals surface area contributed by atoms with Gasteiger partial charge in [0.2, 0.25) is 0 Å². The second kappa shape index (κ2) is 15.1. The van der Waals surface area contributed by atoms with Gasteiger partial charge in [-0.05, 0) is 104 Å². The molecule has 1 heterocycles. The van der Waals surface area contributed by atoms with Crippen molar-refractivity contribution in [1.29, 1.82) is 0 Å². The van der Waals surface area contributed by atoms with Crippen molar-refractivity contribution in [1.82, 2.24) is 0 Å². The van der Waals surface area contributed by atoms with E-state index in [0.29, 0.717) is 0 Å². The predicted molar refractivity (Wildman–Crippen MR) is 262 cm³/mol. The second-order valence-corrected chi connectivity index (χ2v) is 16.4. The molecule has 0 amide bonds. The molecule has 1 aliphatic carbocycles. The van der Waals surface area contributed by atoms with E-state index in [4.69, 9.17) is 4.42 Å². The fourth-order valence-corrected chi connectivity index (χ4v) is 10.2. The third-order valence-electron chi connectivity index (χ3n) is 13.0. The molecule has 10 aromatic carbocycles. The largest absolute Gasteiger partial charge is 0.455 e. The summed E-state index contributed by atoms with van der Waals surface area (Å²) in [5, 5.41) is 2.26. The third kappa shape index (κ3) is 5.95. The highest BCUT2D eigenvalue weighted by molar-refractivity contribution is 6.09. The molecule has 0 spiro atoms. The number of benzene rings is 10. The first-order valence-corrected chi connectivity index (χ1v) is 21.7. The number of para-hydroxylation sites is 2. The molecule has 63 heavy (non-hydrogen) atoms. The molecule has 296 valence electrons. The van der Waals surface area contributed by atoms with Gasteiger partial charge in [-0.25, -0.2) is 0 Å². The zero-order valence-corrected chi connectivity index (χ0v) is 34.5. The molecule has 12 rings (SSSR count). The topological polar surface area (TPSA) is 16.4 Å². The van der Waals surface area contributed by atoms with Gasteiger partial charge in [0.15, 0.2) is 0 Å². The molecule has 0 atom stereocenters. The molecule has 0 radical (unpaired) electrons. The zero-order valence-electron chi connectivity index (χ0n) is 34.5. The highest BCUT2D eigenvalue weighted by atomic mass is 16.3. The normalized spacial score (nSPS) is 12.6. The number of fused-ring (bicyclic) bond motifs is 6. The van der Waals surface area contributed by atoms with Crippen LogP contribution < -0.4 is 4.90 Å². The SMILES string of the molecule is c1ccc(-c2ccc(N(c3ccc(-c4cccc5c4oc4ccccc45)cc3)c3ccc4c(c3)C(c3ccccc3)(c3ccccc3)c3cccc(-c5ccccc5)c3-4)cc2)cc1. The Morgan fingerprint density at radius 2 is 0.810 bits per heavy atom. The summed E-state index contributed by atoms with van der Waals surface area (Å²) in [6.07, 6.45) is 0. The maximum atomic E-state index is 6.49. The summed E-state index contributed by atoms with van der Waals surface area (Å²) in [7, 11) is 0. The maximum absolute atomic E-state index is 6.49. The van der Waals surface area contributed by atoms with Gasteiger partial charge in [0.05, 0.1) is 5.41 Å². The predicted octanol–water partition coefficient (Wildman–Crippen LogP) is 16.4. The molecular formula is C61H41NO. The van der Waals surface area contributed by atoms with Crippen molar-refractivity contribution in [3.8, 4) is 44.5 Å². The van der Waals surface area contributed by atoms with E-state index in [1.807, 2.05) is 12.1 Å². The first-order chi connectivity index (χ1) is 31.3. The summed E-state index contributed by atoms with van der Waals surface area (Å²) in [6.45, 7) is 0. The molecule has 0 aliphatic heterocycles. The fraction of sp³-hybridized carbons (Fsp3) is 0.0164. The van der Waals surface area contributed by atoms with Gasteiger partial charge in [0.25, 0.3) is 0 Å². The van der Waals surface area contributed by atoms with Gasteiger partial charge in [-0.1, -0.05) is 206 Å². The van der Waals surface area contributed by atoms with Gasteiger partial charge in [-0.2, -0.15) is 0 Å². The number of furan rings is 1. The molecule has 0 bridgehead atoms. The van der Waals surface area contributed by atoms with E-state index in [1.54, 1.807) is 0 Å². The summed E-state index contributed by atoms with van der Waals surface area (Å²) in [6, 6.07) is 90.3. The summed E-state index contributed by atoms with van der Waals surface area (Å²) in [4.78, 5) is 2.41. The summed E-state index contributed by atoms with van der Waals surface area (Å²) >= 11 is 0. The van der Waals surface area contributed by atoms with Gasteiger partial charge in [0, 0.05) is 33.4 Å². The fourth-order valence-electron chi connectivity index (χ4n) is 10.2. The molecule has 0 saturated carbocycles. The molecule has 0 unspecified atom stereocenters. The molecule has 1 aliphatic rings. The lowest BCUT2D eigenvalue weighted by molar-refractivity contribution is 0.670. The van der Waals surface area contributed by atoms with Crippen molar-refractivity contribution >= 4 is 39.0 Å². The van der Waals surface area contributed by atoms with E-state index < -0.39 is 5.41 Å².